The van der Waals surface area contributed by atoms with Crippen molar-refractivity contribution in [3.63, 3.8) is 0 Å². The van der Waals surface area contributed by atoms with Crippen LogP contribution in [0.2, 0.25) is 0 Å². The summed E-state index contributed by atoms with van der Waals surface area (Å²) in [6, 6.07) is 6.62. The molecule has 0 radical (unpaired) electrons. The van der Waals surface area contributed by atoms with E-state index in [4.69, 9.17) is 5.73 Å². The summed E-state index contributed by atoms with van der Waals surface area (Å²) in [7, 11) is 1.35. The van der Waals surface area contributed by atoms with Crippen molar-refractivity contribution in [1.82, 2.24) is 5.32 Å². The lowest BCUT2D eigenvalue weighted by molar-refractivity contribution is -0.121. The molecule has 1 rings (SSSR count). The zero-order valence-corrected chi connectivity index (χ0v) is 11.8. The fourth-order valence-corrected chi connectivity index (χ4v) is 1.46. The van der Waals surface area contributed by atoms with Gasteiger partial charge in [0, 0.05) is 6.54 Å². The summed E-state index contributed by atoms with van der Waals surface area (Å²) < 4.78 is 4.64. The fourth-order valence-electron chi connectivity index (χ4n) is 1.46. The molecular weight excluding hydrogens is 268 g/mol. The Kier molecular flexibility index (Phi) is 7.79. The van der Waals surface area contributed by atoms with Crippen LogP contribution in [0.4, 0.5) is 0 Å². The summed E-state index contributed by atoms with van der Waals surface area (Å²) in [6.45, 7) is 2.12. The maximum Gasteiger partial charge on any atom is 0.337 e. The van der Waals surface area contributed by atoms with Crippen molar-refractivity contribution in [2.24, 2.45) is 5.73 Å². The maximum absolute atomic E-state index is 11.3. The first-order valence-corrected chi connectivity index (χ1v) is 5.75. The molecule has 6 heteroatoms. The van der Waals surface area contributed by atoms with Gasteiger partial charge in [-0.2, -0.15) is 0 Å². The van der Waals surface area contributed by atoms with Gasteiger partial charge in [0.25, 0.3) is 0 Å². The van der Waals surface area contributed by atoms with Gasteiger partial charge in [-0.3, -0.25) is 4.79 Å². The molecule has 0 bridgehead atoms. The van der Waals surface area contributed by atoms with Crippen LogP contribution in [0.25, 0.3) is 0 Å². The van der Waals surface area contributed by atoms with E-state index in [0.717, 1.165) is 5.56 Å². The average molecular weight is 287 g/mol. The minimum Gasteiger partial charge on any atom is -0.465 e. The molecule has 19 heavy (non-hydrogen) atoms. The monoisotopic (exact) mass is 286 g/mol. The van der Waals surface area contributed by atoms with Crippen molar-refractivity contribution in [3.05, 3.63) is 35.4 Å². The number of carbonyl (C=O) groups is 2. The highest BCUT2D eigenvalue weighted by molar-refractivity contribution is 5.89. The number of amides is 1. The third kappa shape index (κ3) is 5.72. The van der Waals surface area contributed by atoms with E-state index in [2.05, 4.69) is 10.1 Å². The molecule has 1 atom stereocenters. The van der Waals surface area contributed by atoms with E-state index in [1.165, 1.54) is 7.11 Å². The molecule has 0 aromatic heterocycles. The zero-order chi connectivity index (χ0) is 13.5. The van der Waals surface area contributed by atoms with Crippen molar-refractivity contribution < 1.29 is 14.3 Å². The van der Waals surface area contributed by atoms with Crippen LogP contribution < -0.4 is 11.1 Å². The second-order valence-electron chi connectivity index (χ2n) is 4.02. The van der Waals surface area contributed by atoms with Crippen LogP contribution in [0.5, 0.6) is 0 Å². The molecule has 0 aliphatic heterocycles. The number of rotatable bonds is 5. The van der Waals surface area contributed by atoms with E-state index in [-0.39, 0.29) is 24.3 Å². The molecular formula is C13H19ClN2O3. The Hall–Kier alpha value is -1.59. The Morgan fingerprint density at radius 3 is 2.68 bits per heavy atom. The van der Waals surface area contributed by atoms with Crippen LogP contribution in [0.15, 0.2) is 24.3 Å². The number of hydrogen-bond donors (Lipinski definition) is 2. The lowest BCUT2D eigenvalue weighted by Crippen LogP contribution is -2.39. The van der Waals surface area contributed by atoms with Crippen LogP contribution in [0, 0.1) is 0 Å². The number of ether oxygens (including phenoxy) is 1. The molecule has 0 heterocycles. The molecule has 0 saturated heterocycles. The summed E-state index contributed by atoms with van der Waals surface area (Å²) in [6.07, 6.45) is 0.642. The van der Waals surface area contributed by atoms with Gasteiger partial charge in [-0.25, -0.2) is 4.79 Å². The van der Waals surface area contributed by atoms with Gasteiger partial charge in [-0.1, -0.05) is 12.1 Å². The van der Waals surface area contributed by atoms with E-state index >= 15 is 0 Å². The standard InChI is InChI=1S/C13H18N2O3.ClH/c1-9(14)12(16)15-7-6-10-4-3-5-11(8-10)13(17)18-2;/h3-5,8-9H,6-7,14H2,1-2H3,(H,15,16);1H. The molecule has 1 aromatic carbocycles. The van der Waals surface area contributed by atoms with E-state index in [1.54, 1.807) is 25.1 Å². The van der Waals surface area contributed by atoms with Crippen LogP contribution >= 0.6 is 12.4 Å². The third-order valence-corrected chi connectivity index (χ3v) is 2.47. The van der Waals surface area contributed by atoms with Gasteiger partial charge >= 0.3 is 5.97 Å². The van der Waals surface area contributed by atoms with Crippen LogP contribution in [0.1, 0.15) is 22.8 Å². The largest absolute Gasteiger partial charge is 0.465 e. The third-order valence-electron chi connectivity index (χ3n) is 2.47. The molecule has 0 fully saturated rings. The second kappa shape index (κ2) is 8.50. The molecule has 1 aromatic rings. The number of nitrogens with one attached hydrogen (secondary N) is 1. The highest BCUT2D eigenvalue weighted by Crippen LogP contribution is 2.07. The Morgan fingerprint density at radius 2 is 2.11 bits per heavy atom. The Balaban J connectivity index is 0.00000324. The number of hydrogen-bond acceptors (Lipinski definition) is 4. The molecule has 0 saturated carbocycles. The van der Waals surface area contributed by atoms with Gasteiger partial charge in [0.1, 0.15) is 0 Å². The molecule has 1 amide bonds. The summed E-state index contributed by atoms with van der Waals surface area (Å²) in [5, 5.41) is 2.71. The van der Waals surface area contributed by atoms with E-state index in [0.29, 0.717) is 18.5 Å². The van der Waals surface area contributed by atoms with Crippen molar-refractivity contribution in [2.45, 2.75) is 19.4 Å². The molecule has 3 N–H and O–H groups in total. The van der Waals surface area contributed by atoms with Gasteiger partial charge in [-0.05, 0) is 31.0 Å². The lowest BCUT2D eigenvalue weighted by Gasteiger charge is -2.08. The molecule has 1 unspecified atom stereocenters. The van der Waals surface area contributed by atoms with Gasteiger partial charge in [0.15, 0.2) is 0 Å². The highest BCUT2D eigenvalue weighted by atomic mass is 35.5. The van der Waals surface area contributed by atoms with Crippen molar-refractivity contribution in [1.29, 1.82) is 0 Å². The van der Waals surface area contributed by atoms with Gasteiger partial charge in [-0.15, -0.1) is 12.4 Å². The summed E-state index contributed by atoms with van der Waals surface area (Å²) in [5.41, 5.74) is 6.89. The second-order valence-corrected chi connectivity index (χ2v) is 4.02. The minimum absolute atomic E-state index is 0. The Labute approximate surface area is 118 Å². The number of methoxy groups -OCH3 is 1. The number of halogens is 1. The summed E-state index contributed by atoms with van der Waals surface area (Å²) >= 11 is 0. The van der Waals surface area contributed by atoms with Crippen molar-refractivity contribution in [2.75, 3.05) is 13.7 Å². The molecule has 5 nitrogen and oxygen atoms in total. The molecule has 0 aliphatic carbocycles. The normalized spacial score (nSPS) is 11.1. The molecule has 0 aliphatic rings. The van der Waals surface area contributed by atoms with Gasteiger partial charge < -0.3 is 15.8 Å². The average Bonchev–Trinajstić information content (AvgIpc) is 2.37. The smallest absolute Gasteiger partial charge is 0.337 e. The van der Waals surface area contributed by atoms with Crippen molar-refractivity contribution >= 4 is 24.3 Å². The van der Waals surface area contributed by atoms with E-state index in [9.17, 15) is 9.59 Å². The molecule has 106 valence electrons. The SMILES string of the molecule is COC(=O)c1cccc(CCNC(=O)C(C)N)c1.Cl. The number of esters is 1. The summed E-state index contributed by atoms with van der Waals surface area (Å²) in [5.74, 6) is -0.546. The van der Waals surface area contributed by atoms with Gasteiger partial charge in [0.05, 0.1) is 18.7 Å². The topological polar surface area (TPSA) is 81.4 Å². The first kappa shape index (κ1) is 17.4. The maximum atomic E-state index is 11.3. The van der Waals surface area contributed by atoms with Crippen LogP contribution in [0.3, 0.4) is 0 Å². The van der Waals surface area contributed by atoms with Crippen molar-refractivity contribution in [3.8, 4) is 0 Å². The predicted octanol–water partition coefficient (Wildman–Crippen LogP) is 0.901. The Bertz CT molecular complexity index is 436. The van der Waals surface area contributed by atoms with Crippen LogP contribution in [-0.2, 0) is 16.0 Å². The highest BCUT2D eigenvalue weighted by Gasteiger charge is 2.07. The van der Waals surface area contributed by atoms with E-state index in [1.807, 2.05) is 6.07 Å². The van der Waals surface area contributed by atoms with Crippen LogP contribution in [-0.4, -0.2) is 31.6 Å². The molecule has 0 spiro atoms. The predicted molar refractivity (Wildman–Crippen MR) is 75.4 cm³/mol. The number of nitrogens with two attached hydrogens (primary N) is 1. The minimum atomic E-state index is -0.508. The first-order valence-electron chi connectivity index (χ1n) is 5.75. The summed E-state index contributed by atoms with van der Waals surface area (Å²) in [4.78, 5) is 22.6. The zero-order valence-electron chi connectivity index (χ0n) is 11.0. The lowest BCUT2D eigenvalue weighted by atomic mass is 10.1. The van der Waals surface area contributed by atoms with Gasteiger partial charge in [0.2, 0.25) is 5.91 Å². The first-order chi connectivity index (χ1) is 8.54. The number of benzene rings is 1. The number of carbonyl (C=O) groups excluding carboxylic acids is 2. The Morgan fingerprint density at radius 1 is 1.42 bits per heavy atom. The quantitative estimate of drug-likeness (QED) is 0.788. The fraction of sp³-hybridized carbons (Fsp3) is 0.385. The van der Waals surface area contributed by atoms with E-state index < -0.39 is 6.04 Å².